The van der Waals surface area contributed by atoms with Gasteiger partial charge in [0, 0.05) is 17.0 Å². The van der Waals surface area contributed by atoms with E-state index in [4.69, 9.17) is 17.3 Å². The highest BCUT2D eigenvalue weighted by atomic mass is 35.5. The molecule has 0 bridgehead atoms. The van der Waals surface area contributed by atoms with Crippen LogP contribution >= 0.6 is 22.9 Å². The molecule has 2 heterocycles. The number of halogens is 1. The SMILES string of the molecule is CCC(N)C(c1ccc(Cl)s1)N1CCCC1CO. The molecule has 102 valence electrons. The van der Waals surface area contributed by atoms with E-state index in [0.29, 0.717) is 0 Å². The van der Waals surface area contributed by atoms with E-state index in [9.17, 15) is 5.11 Å². The number of aliphatic hydroxyl groups is 1. The molecule has 5 heteroatoms. The fourth-order valence-corrected chi connectivity index (χ4v) is 4.01. The number of thiophene rings is 1. The largest absolute Gasteiger partial charge is 0.395 e. The van der Waals surface area contributed by atoms with Crippen LogP contribution in [-0.2, 0) is 0 Å². The van der Waals surface area contributed by atoms with E-state index in [1.54, 1.807) is 11.3 Å². The van der Waals surface area contributed by atoms with Crippen molar-refractivity contribution in [3.63, 3.8) is 0 Å². The van der Waals surface area contributed by atoms with Crippen LogP contribution in [0.1, 0.15) is 37.1 Å². The summed E-state index contributed by atoms with van der Waals surface area (Å²) in [6.45, 7) is 3.34. The zero-order chi connectivity index (χ0) is 13.1. The first kappa shape index (κ1) is 14.3. The second kappa shape index (κ2) is 6.35. The normalized spacial score (nSPS) is 24.3. The van der Waals surface area contributed by atoms with Crippen molar-refractivity contribution in [2.45, 2.75) is 44.3 Å². The Morgan fingerprint density at radius 1 is 1.61 bits per heavy atom. The summed E-state index contributed by atoms with van der Waals surface area (Å²) >= 11 is 7.64. The molecule has 3 atom stereocenters. The first-order chi connectivity index (χ1) is 8.67. The van der Waals surface area contributed by atoms with E-state index in [-0.39, 0.29) is 24.7 Å². The van der Waals surface area contributed by atoms with Gasteiger partial charge in [-0.1, -0.05) is 18.5 Å². The van der Waals surface area contributed by atoms with Gasteiger partial charge in [0.25, 0.3) is 0 Å². The second-order valence-corrected chi connectivity index (χ2v) is 6.62. The summed E-state index contributed by atoms with van der Waals surface area (Å²) in [6, 6.07) is 4.52. The summed E-state index contributed by atoms with van der Waals surface area (Å²) in [5.74, 6) is 0. The van der Waals surface area contributed by atoms with Crippen LogP contribution in [0.15, 0.2) is 12.1 Å². The lowest BCUT2D eigenvalue weighted by atomic mass is 10.0. The molecular weight excluding hydrogens is 268 g/mol. The molecule has 1 aromatic heterocycles. The van der Waals surface area contributed by atoms with Gasteiger partial charge in [0.05, 0.1) is 17.0 Å². The first-order valence-electron chi connectivity index (χ1n) is 6.54. The molecule has 0 spiro atoms. The number of hydrogen-bond acceptors (Lipinski definition) is 4. The van der Waals surface area contributed by atoms with E-state index in [1.807, 2.05) is 6.07 Å². The van der Waals surface area contributed by atoms with E-state index in [2.05, 4.69) is 17.9 Å². The Balaban J connectivity index is 2.25. The Bertz CT molecular complexity index is 385. The number of hydrogen-bond donors (Lipinski definition) is 2. The molecule has 1 saturated heterocycles. The zero-order valence-electron chi connectivity index (χ0n) is 10.7. The van der Waals surface area contributed by atoms with Gasteiger partial charge in [-0.3, -0.25) is 4.90 Å². The van der Waals surface area contributed by atoms with Gasteiger partial charge >= 0.3 is 0 Å². The number of rotatable bonds is 5. The van der Waals surface area contributed by atoms with Gasteiger partial charge in [0.1, 0.15) is 0 Å². The van der Waals surface area contributed by atoms with E-state index in [1.165, 1.54) is 4.88 Å². The van der Waals surface area contributed by atoms with Crippen LogP contribution in [0.3, 0.4) is 0 Å². The van der Waals surface area contributed by atoms with Gasteiger partial charge in [-0.2, -0.15) is 0 Å². The number of likely N-dealkylation sites (tertiary alicyclic amines) is 1. The third kappa shape index (κ3) is 2.89. The van der Waals surface area contributed by atoms with Crippen LogP contribution in [0.2, 0.25) is 4.34 Å². The number of aliphatic hydroxyl groups excluding tert-OH is 1. The van der Waals surface area contributed by atoms with Crippen molar-refractivity contribution in [2.75, 3.05) is 13.2 Å². The smallest absolute Gasteiger partial charge is 0.0931 e. The van der Waals surface area contributed by atoms with Crippen LogP contribution in [0, 0.1) is 0 Å². The van der Waals surface area contributed by atoms with E-state index >= 15 is 0 Å². The van der Waals surface area contributed by atoms with Crippen LogP contribution < -0.4 is 5.73 Å². The molecule has 2 rings (SSSR count). The minimum atomic E-state index is 0.0897. The van der Waals surface area contributed by atoms with Gasteiger partial charge in [-0.15, -0.1) is 11.3 Å². The van der Waals surface area contributed by atoms with Gasteiger partial charge in [-0.25, -0.2) is 0 Å². The molecule has 3 nitrogen and oxygen atoms in total. The lowest BCUT2D eigenvalue weighted by Crippen LogP contribution is -2.44. The van der Waals surface area contributed by atoms with E-state index < -0.39 is 0 Å². The maximum atomic E-state index is 9.49. The molecule has 0 aromatic carbocycles. The molecule has 0 radical (unpaired) electrons. The Hall–Kier alpha value is -0.130. The molecule has 1 aliphatic rings. The van der Waals surface area contributed by atoms with E-state index in [0.717, 1.165) is 30.1 Å². The monoisotopic (exact) mass is 288 g/mol. The number of nitrogens with zero attached hydrogens (tertiary/aromatic N) is 1. The van der Waals surface area contributed by atoms with Crippen LogP contribution in [0.4, 0.5) is 0 Å². The average Bonchev–Trinajstić information content (AvgIpc) is 2.99. The summed E-state index contributed by atoms with van der Waals surface area (Å²) in [5.41, 5.74) is 6.30. The molecule has 1 aliphatic heterocycles. The first-order valence-corrected chi connectivity index (χ1v) is 7.74. The maximum absolute atomic E-state index is 9.49. The summed E-state index contributed by atoms with van der Waals surface area (Å²) in [6.07, 6.45) is 3.12. The molecule has 18 heavy (non-hydrogen) atoms. The van der Waals surface area contributed by atoms with Crippen molar-refractivity contribution in [2.24, 2.45) is 5.73 Å². The Morgan fingerprint density at radius 2 is 2.39 bits per heavy atom. The summed E-state index contributed by atoms with van der Waals surface area (Å²) < 4.78 is 0.804. The topological polar surface area (TPSA) is 49.5 Å². The van der Waals surface area contributed by atoms with Gasteiger partial charge in [-0.05, 0) is 37.9 Å². The Kier molecular flexibility index (Phi) is 5.04. The highest BCUT2D eigenvalue weighted by Gasteiger charge is 2.34. The van der Waals surface area contributed by atoms with Crippen molar-refractivity contribution in [1.29, 1.82) is 0 Å². The van der Waals surface area contributed by atoms with Gasteiger partial charge in [0.2, 0.25) is 0 Å². The fourth-order valence-electron chi connectivity index (χ4n) is 2.75. The minimum absolute atomic E-state index is 0.0897. The third-order valence-corrected chi connectivity index (χ3v) is 5.05. The van der Waals surface area contributed by atoms with Gasteiger partial charge < -0.3 is 10.8 Å². The molecule has 0 saturated carbocycles. The van der Waals surface area contributed by atoms with Crippen molar-refractivity contribution >= 4 is 22.9 Å². The second-order valence-electron chi connectivity index (χ2n) is 4.88. The quantitative estimate of drug-likeness (QED) is 0.876. The summed E-state index contributed by atoms with van der Waals surface area (Å²) in [4.78, 5) is 3.57. The molecule has 0 amide bonds. The van der Waals surface area contributed by atoms with Crippen molar-refractivity contribution < 1.29 is 5.11 Å². The molecule has 0 aliphatic carbocycles. The molecule has 1 fully saturated rings. The Morgan fingerprint density at radius 3 is 2.94 bits per heavy atom. The fraction of sp³-hybridized carbons (Fsp3) is 0.692. The van der Waals surface area contributed by atoms with Crippen molar-refractivity contribution in [3.05, 3.63) is 21.3 Å². The molecule has 3 N–H and O–H groups in total. The third-order valence-electron chi connectivity index (χ3n) is 3.75. The average molecular weight is 289 g/mol. The lowest BCUT2D eigenvalue weighted by Gasteiger charge is -2.35. The van der Waals surface area contributed by atoms with Crippen LogP contribution in [-0.4, -0.2) is 35.2 Å². The molecule has 3 unspecified atom stereocenters. The summed E-state index contributed by atoms with van der Waals surface area (Å²) in [7, 11) is 0. The predicted octanol–water partition coefficient (Wildman–Crippen LogP) is 2.64. The summed E-state index contributed by atoms with van der Waals surface area (Å²) in [5, 5.41) is 9.49. The number of nitrogens with two attached hydrogens (primary N) is 1. The molecule has 1 aromatic rings. The van der Waals surface area contributed by atoms with Gasteiger partial charge in [0.15, 0.2) is 0 Å². The highest BCUT2D eigenvalue weighted by Crippen LogP contribution is 2.36. The molecular formula is C13H21ClN2OS. The highest BCUT2D eigenvalue weighted by molar-refractivity contribution is 7.16. The predicted molar refractivity (Wildman–Crippen MR) is 77.2 cm³/mol. The van der Waals surface area contributed by atoms with Crippen molar-refractivity contribution in [3.8, 4) is 0 Å². The maximum Gasteiger partial charge on any atom is 0.0931 e. The minimum Gasteiger partial charge on any atom is -0.395 e. The van der Waals surface area contributed by atoms with Crippen LogP contribution in [0.5, 0.6) is 0 Å². The lowest BCUT2D eigenvalue weighted by molar-refractivity contribution is 0.106. The standard InChI is InChI=1S/C13H21ClN2OS/c1-2-10(15)13(11-5-6-12(14)18-11)16-7-3-4-9(16)8-17/h5-6,9-10,13,17H,2-4,7-8,15H2,1H3. The Labute approximate surface area is 118 Å². The zero-order valence-corrected chi connectivity index (χ0v) is 12.3. The van der Waals surface area contributed by atoms with Crippen molar-refractivity contribution in [1.82, 2.24) is 4.90 Å². The van der Waals surface area contributed by atoms with Crippen LogP contribution in [0.25, 0.3) is 0 Å².